The number of nitrogens with one attached hydrogen (secondary N) is 2. The van der Waals surface area contributed by atoms with E-state index in [1.165, 1.54) is 12.1 Å². The third kappa shape index (κ3) is 7.31. The summed E-state index contributed by atoms with van der Waals surface area (Å²) in [6.45, 7) is 2.61. The van der Waals surface area contributed by atoms with Gasteiger partial charge in [0, 0.05) is 19.1 Å². The molecule has 1 fully saturated rings. The third-order valence-corrected chi connectivity index (χ3v) is 4.17. The van der Waals surface area contributed by atoms with E-state index in [1.54, 1.807) is 12.1 Å². The average Bonchev–Trinajstić information content (AvgIpc) is 2.55. The first-order valence-corrected chi connectivity index (χ1v) is 8.37. The maximum atomic E-state index is 12.1. The van der Waals surface area contributed by atoms with Crippen LogP contribution in [0.2, 0.25) is 0 Å². The van der Waals surface area contributed by atoms with Crippen LogP contribution in [0.25, 0.3) is 0 Å². The molecule has 1 saturated heterocycles. The molecule has 0 saturated carbocycles. The van der Waals surface area contributed by atoms with Crippen molar-refractivity contribution in [2.45, 2.75) is 31.7 Å². The van der Waals surface area contributed by atoms with E-state index >= 15 is 0 Å². The van der Waals surface area contributed by atoms with Crippen LogP contribution in [-0.4, -0.2) is 56.4 Å². The van der Waals surface area contributed by atoms with Gasteiger partial charge in [-0.3, -0.25) is 9.69 Å². The van der Waals surface area contributed by atoms with Crippen LogP contribution >= 0.6 is 0 Å². The highest BCUT2D eigenvalue weighted by molar-refractivity contribution is 5.78. The predicted molar refractivity (Wildman–Crippen MR) is 88.4 cm³/mol. The molecule has 1 aliphatic rings. The number of halogens is 3. The molecule has 2 rings (SSSR count). The number of nitrogens with zero attached hydrogens (tertiary/aromatic N) is 1. The number of hydrogen-bond donors (Lipinski definition) is 2. The molecule has 5 nitrogen and oxygen atoms in total. The summed E-state index contributed by atoms with van der Waals surface area (Å²) in [5.41, 5.74) is 0.836. The van der Waals surface area contributed by atoms with E-state index in [-0.39, 0.29) is 11.7 Å². The molecule has 0 bridgehead atoms. The summed E-state index contributed by atoms with van der Waals surface area (Å²) < 4.78 is 40.1. The zero-order valence-corrected chi connectivity index (χ0v) is 14.2. The molecule has 1 unspecified atom stereocenters. The highest BCUT2D eigenvalue weighted by atomic mass is 19.4. The summed E-state index contributed by atoms with van der Waals surface area (Å²) in [4.78, 5) is 14.1. The van der Waals surface area contributed by atoms with Gasteiger partial charge in [-0.1, -0.05) is 12.1 Å². The molecule has 1 amide bonds. The molecule has 0 aliphatic carbocycles. The summed E-state index contributed by atoms with van der Waals surface area (Å²) in [5.74, 6) is -0.279. The van der Waals surface area contributed by atoms with Crippen LogP contribution in [0.3, 0.4) is 0 Å². The number of ether oxygens (including phenoxy) is 1. The molecule has 1 aliphatic heterocycles. The van der Waals surface area contributed by atoms with Gasteiger partial charge in [-0.05, 0) is 50.6 Å². The Morgan fingerprint density at radius 1 is 1.32 bits per heavy atom. The molecule has 8 heteroatoms. The first-order chi connectivity index (χ1) is 11.9. The number of rotatable bonds is 7. The molecule has 25 heavy (non-hydrogen) atoms. The smallest absolute Gasteiger partial charge is 0.406 e. The second-order valence-electron chi connectivity index (χ2n) is 6.15. The van der Waals surface area contributed by atoms with Crippen LogP contribution in [0, 0.1) is 0 Å². The monoisotopic (exact) mass is 359 g/mol. The number of carbonyl (C=O) groups excluding carboxylic acids is 1. The maximum absolute atomic E-state index is 12.1. The molecule has 1 atom stereocenters. The van der Waals surface area contributed by atoms with Crippen molar-refractivity contribution in [3.05, 3.63) is 29.8 Å². The number of benzene rings is 1. The fourth-order valence-corrected chi connectivity index (χ4v) is 2.90. The fourth-order valence-electron chi connectivity index (χ4n) is 2.90. The number of amides is 1. The summed E-state index contributed by atoms with van der Waals surface area (Å²) in [5, 5.41) is 6.09. The number of likely N-dealkylation sites (tertiary alicyclic amines) is 1. The summed E-state index contributed by atoms with van der Waals surface area (Å²) in [7, 11) is 1.93. The van der Waals surface area contributed by atoms with Crippen LogP contribution in [-0.2, 0) is 11.2 Å². The van der Waals surface area contributed by atoms with Gasteiger partial charge < -0.3 is 15.4 Å². The van der Waals surface area contributed by atoms with E-state index in [9.17, 15) is 18.0 Å². The Morgan fingerprint density at radius 3 is 2.68 bits per heavy atom. The normalized spacial score (nSPS) is 18.8. The highest BCUT2D eigenvalue weighted by Gasteiger charge is 2.30. The molecule has 140 valence electrons. The standard InChI is InChI=1S/C17H24F3N3O2/c1-21-14-3-2-10-23(11-14)12-16(24)22-9-8-13-4-6-15(7-5-13)25-17(18,19)20/h4-7,14,21H,2-3,8-12H2,1H3,(H,22,24). The van der Waals surface area contributed by atoms with Crippen molar-refractivity contribution >= 4 is 5.91 Å². The van der Waals surface area contributed by atoms with E-state index in [0.29, 0.717) is 25.6 Å². The van der Waals surface area contributed by atoms with E-state index in [2.05, 4.69) is 20.3 Å². The number of piperidine rings is 1. The zero-order valence-electron chi connectivity index (χ0n) is 14.2. The molecule has 1 aromatic rings. The lowest BCUT2D eigenvalue weighted by molar-refractivity contribution is -0.274. The van der Waals surface area contributed by atoms with Crippen LogP contribution in [0.1, 0.15) is 18.4 Å². The highest BCUT2D eigenvalue weighted by Crippen LogP contribution is 2.22. The lowest BCUT2D eigenvalue weighted by Gasteiger charge is -2.31. The van der Waals surface area contributed by atoms with Gasteiger partial charge in [-0.2, -0.15) is 0 Å². The first kappa shape index (κ1) is 19.5. The Labute approximate surface area is 145 Å². The molecule has 1 aromatic carbocycles. The van der Waals surface area contributed by atoms with Crippen molar-refractivity contribution < 1.29 is 22.7 Å². The Hall–Kier alpha value is -1.80. The van der Waals surface area contributed by atoms with Gasteiger partial charge >= 0.3 is 6.36 Å². The predicted octanol–water partition coefficient (Wildman–Crippen LogP) is 1.93. The Bertz CT molecular complexity index is 549. The molecular weight excluding hydrogens is 335 g/mol. The largest absolute Gasteiger partial charge is 0.573 e. The van der Waals surface area contributed by atoms with Crippen LogP contribution < -0.4 is 15.4 Å². The first-order valence-electron chi connectivity index (χ1n) is 8.37. The molecule has 0 spiro atoms. The lowest BCUT2D eigenvalue weighted by Crippen LogP contribution is -2.48. The zero-order chi connectivity index (χ0) is 18.3. The minimum absolute atomic E-state index is 0.0335. The van der Waals surface area contributed by atoms with Gasteiger partial charge in [-0.15, -0.1) is 13.2 Å². The van der Waals surface area contributed by atoms with Gasteiger partial charge in [0.05, 0.1) is 6.54 Å². The lowest BCUT2D eigenvalue weighted by atomic mass is 10.1. The number of likely N-dealkylation sites (N-methyl/N-ethyl adjacent to an activating group) is 1. The topological polar surface area (TPSA) is 53.6 Å². The minimum atomic E-state index is -4.68. The molecule has 2 N–H and O–H groups in total. The second-order valence-corrected chi connectivity index (χ2v) is 6.15. The van der Waals surface area contributed by atoms with Crippen molar-refractivity contribution in [3.63, 3.8) is 0 Å². The van der Waals surface area contributed by atoms with Crippen LogP contribution in [0.5, 0.6) is 5.75 Å². The van der Waals surface area contributed by atoms with E-state index in [0.717, 1.165) is 31.5 Å². The van der Waals surface area contributed by atoms with Crippen LogP contribution in [0.4, 0.5) is 13.2 Å². The van der Waals surface area contributed by atoms with Crippen molar-refractivity contribution in [2.24, 2.45) is 0 Å². The van der Waals surface area contributed by atoms with Gasteiger partial charge in [0.1, 0.15) is 5.75 Å². The van der Waals surface area contributed by atoms with E-state index in [1.807, 2.05) is 7.05 Å². The summed E-state index contributed by atoms with van der Waals surface area (Å²) >= 11 is 0. The van der Waals surface area contributed by atoms with Crippen molar-refractivity contribution in [3.8, 4) is 5.75 Å². The Morgan fingerprint density at radius 2 is 2.04 bits per heavy atom. The molecular formula is C17H24F3N3O2. The van der Waals surface area contributed by atoms with Crippen molar-refractivity contribution in [1.29, 1.82) is 0 Å². The Kier molecular flexibility index (Phi) is 7.07. The summed E-state index contributed by atoms with van der Waals surface area (Å²) in [6.07, 6.45) is -1.93. The van der Waals surface area contributed by atoms with Gasteiger partial charge in [0.2, 0.25) is 5.91 Å². The summed E-state index contributed by atoms with van der Waals surface area (Å²) in [6, 6.07) is 6.11. The number of hydrogen-bond acceptors (Lipinski definition) is 4. The number of carbonyl (C=O) groups is 1. The Balaban J connectivity index is 1.68. The van der Waals surface area contributed by atoms with E-state index < -0.39 is 6.36 Å². The van der Waals surface area contributed by atoms with Crippen LogP contribution in [0.15, 0.2) is 24.3 Å². The van der Waals surface area contributed by atoms with Gasteiger partial charge in [0.25, 0.3) is 0 Å². The molecule has 1 heterocycles. The SMILES string of the molecule is CNC1CCCN(CC(=O)NCCc2ccc(OC(F)(F)F)cc2)C1. The quantitative estimate of drug-likeness (QED) is 0.781. The van der Waals surface area contributed by atoms with Gasteiger partial charge in [0.15, 0.2) is 0 Å². The number of alkyl halides is 3. The molecule has 0 radical (unpaired) electrons. The fraction of sp³-hybridized carbons (Fsp3) is 0.588. The third-order valence-electron chi connectivity index (χ3n) is 4.17. The average molecular weight is 359 g/mol. The van der Waals surface area contributed by atoms with E-state index in [4.69, 9.17) is 0 Å². The molecule has 0 aromatic heterocycles. The maximum Gasteiger partial charge on any atom is 0.573 e. The second kappa shape index (κ2) is 9.05. The minimum Gasteiger partial charge on any atom is -0.406 e. The van der Waals surface area contributed by atoms with Crippen molar-refractivity contribution in [1.82, 2.24) is 15.5 Å². The van der Waals surface area contributed by atoms with Crippen molar-refractivity contribution in [2.75, 3.05) is 33.2 Å². The van der Waals surface area contributed by atoms with Gasteiger partial charge in [-0.25, -0.2) is 0 Å².